The predicted molar refractivity (Wildman–Crippen MR) is 104 cm³/mol. The monoisotopic (exact) mass is 359 g/mol. The van der Waals surface area contributed by atoms with Gasteiger partial charge in [0.2, 0.25) is 5.91 Å². The van der Waals surface area contributed by atoms with E-state index in [4.69, 9.17) is 0 Å². The third-order valence-electron chi connectivity index (χ3n) is 6.23. The zero-order valence-electron chi connectivity index (χ0n) is 16.4. The van der Waals surface area contributed by atoms with Crippen molar-refractivity contribution >= 4 is 5.91 Å². The summed E-state index contributed by atoms with van der Waals surface area (Å²) in [5.74, 6) is 1.37. The largest absolute Gasteiger partial charge is 0.339 e. The van der Waals surface area contributed by atoms with E-state index < -0.39 is 0 Å². The van der Waals surface area contributed by atoms with Gasteiger partial charge in [-0.3, -0.25) is 9.69 Å². The molecule has 2 fully saturated rings. The number of piperazine rings is 1. The Morgan fingerprint density at radius 1 is 1.27 bits per heavy atom. The summed E-state index contributed by atoms with van der Waals surface area (Å²) in [4.78, 5) is 23.8. The number of nitrogens with zero attached hydrogens (tertiary/aromatic N) is 5. The maximum Gasteiger partial charge on any atom is 0.222 e. The predicted octanol–water partition coefficient (Wildman–Crippen LogP) is 1.77. The zero-order chi connectivity index (χ0) is 18.6. The van der Waals surface area contributed by atoms with Crippen molar-refractivity contribution in [2.75, 3.05) is 46.3 Å². The number of rotatable bonds is 6. The van der Waals surface area contributed by atoms with Crippen LogP contribution in [0.2, 0.25) is 0 Å². The third kappa shape index (κ3) is 4.18. The van der Waals surface area contributed by atoms with E-state index in [-0.39, 0.29) is 11.4 Å². The van der Waals surface area contributed by atoms with E-state index in [1.165, 1.54) is 0 Å². The smallest absolute Gasteiger partial charge is 0.222 e. The molecule has 0 radical (unpaired) electrons. The van der Waals surface area contributed by atoms with Gasteiger partial charge in [0, 0.05) is 63.6 Å². The van der Waals surface area contributed by atoms with Crippen molar-refractivity contribution in [3.63, 3.8) is 0 Å². The summed E-state index contributed by atoms with van der Waals surface area (Å²) < 4.78 is 2.23. The van der Waals surface area contributed by atoms with Gasteiger partial charge in [0.25, 0.3) is 0 Å². The Kier molecular flexibility index (Phi) is 6.14. The van der Waals surface area contributed by atoms with Crippen LogP contribution in [0.5, 0.6) is 0 Å². The van der Waals surface area contributed by atoms with Crippen molar-refractivity contribution in [1.82, 2.24) is 24.3 Å². The summed E-state index contributed by atoms with van der Waals surface area (Å²) in [5, 5.41) is 0. The van der Waals surface area contributed by atoms with Gasteiger partial charge in [-0.25, -0.2) is 4.98 Å². The van der Waals surface area contributed by atoms with Crippen molar-refractivity contribution in [3.05, 3.63) is 30.9 Å². The molecule has 6 nitrogen and oxygen atoms in total. The molecule has 144 valence electrons. The minimum Gasteiger partial charge on any atom is -0.339 e. The van der Waals surface area contributed by atoms with Gasteiger partial charge in [-0.15, -0.1) is 6.58 Å². The van der Waals surface area contributed by atoms with Crippen LogP contribution in [0.3, 0.4) is 0 Å². The molecule has 2 saturated heterocycles. The number of hydrogen-bond donors (Lipinski definition) is 0. The minimum atomic E-state index is 0.134. The fourth-order valence-corrected chi connectivity index (χ4v) is 4.42. The van der Waals surface area contributed by atoms with E-state index in [2.05, 4.69) is 46.1 Å². The lowest BCUT2D eigenvalue weighted by Crippen LogP contribution is -2.61. The Bertz CT molecular complexity index is 627. The molecule has 2 aliphatic heterocycles. The fraction of sp³-hybridized carbons (Fsp3) is 0.700. The van der Waals surface area contributed by atoms with Crippen LogP contribution in [0.1, 0.15) is 31.5 Å². The quantitative estimate of drug-likeness (QED) is 0.726. The van der Waals surface area contributed by atoms with Crippen LogP contribution in [0.15, 0.2) is 25.0 Å². The summed E-state index contributed by atoms with van der Waals surface area (Å²) >= 11 is 0. The van der Waals surface area contributed by atoms with E-state index in [0.29, 0.717) is 13.0 Å². The number of hydrogen-bond acceptors (Lipinski definition) is 4. The third-order valence-corrected chi connectivity index (χ3v) is 6.23. The standard InChI is InChI=1S/C20H33N5O/c1-4-10-25-13-8-20(7-6-19(25)26)17-23(16-15-22(20)3)11-5-12-24-14-9-21-18(24)2/h4,9,14H,1,5-8,10-13,15-17H2,2-3H3. The summed E-state index contributed by atoms with van der Waals surface area (Å²) in [5.41, 5.74) is 0.134. The molecule has 1 spiro atoms. The molecule has 3 rings (SSSR count). The molecular formula is C20H33N5O. The molecule has 1 amide bonds. The Balaban J connectivity index is 1.57. The molecule has 0 N–H and O–H groups in total. The van der Waals surface area contributed by atoms with Crippen molar-refractivity contribution in [2.45, 2.75) is 44.7 Å². The van der Waals surface area contributed by atoms with E-state index in [1.54, 1.807) is 0 Å². The van der Waals surface area contributed by atoms with E-state index in [1.807, 2.05) is 17.2 Å². The maximum absolute atomic E-state index is 12.4. The average molecular weight is 360 g/mol. The SMILES string of the molecule is C=CCN1CCC2(CCC1=O)CN(CCCn1ccnc1C)CCN2C. The van der Waals surface area contributed by atoms with E-state index >= 15 is 0 Å². The number of imidazole rings is 1. The van der Waals surface area contributed by atoms with Crippen molar-refractivity contribution in [3.8, 4) is 0 Å². The van der Waals surface area contributed by atoms with Crippen LogP contribution in [-0.2, 0) is 11.3 Å². The van der Waals surface area contributed by atoms with Crippen LogP contribution in [-0.4, -0.2) is 82.0 Å². The van der Waals surface area contributed by atoms with Crippen LogP contribution in [0.25, 0.3) is 0 Å². The number of carbonyl (C=O) groups excluding carboxylic acids is 1. The molecule has 0 saturated carbocycles. The molecule has 0 aliphatic carbocycles. The second-order valence-electron chi connectivity index (χ2n) is 7.82. The van der Waals surface area contributed by atoms with Gasteiger partial charge in [-0.05, 0) is 39.8 Å². The van der Waals surface area contributed by atoms with Crippen molar-refractivity contribution < 1.29 is 4.79 Å². The summed E-state index contributed by atoms with van der Waals surface area (Å²) in [6, 6.07) is 0. The first-order valence-corrected chi connectivity index (χ1v) is 9.84. The normalized spacial score (nSPS) is 25.6. The molecule has 1 aromatic heterocycles. The van der Waals surface area contributed by atoms with Gasteiger partial charge >= 0.3 is 0 Å². The van der Waals surface area contributed by atoms with E-state index in [0.717, 1.165) is 64.4 Å². The summed E-state index contributed by atoms with van der Waals surface area (Å²) in [6.07, 6.45) is 9.58. The molecule has 2 aliphatic rings. The minimum absolute atomic E-state index is 0.134. The highest BCUT2D eigenvalue weighted by molar-refractivity contribution is 5.76. The first kappa shape index (κ1) is 19.1. The van der Waals surface area contributed by atoms with Crippen LogP contribution in [0.4, 0.5) is 0 Å². The Hall–Kier alpha value is -1.66. The van der Waals surface area contributed by atoms with Crippen LogP contribution >= 0.6 is 0 Å². The number of amides is 1. The molecule has 1 aromatic rings. The van der Waals surface area contributed by atoms with Crippen molar-refractivity contribution in [1.29, 1.82) is 0 Å². The van der Waals surface area contributed by atoms with Crippen LogP contribution in [0, 0.1) is 6.92 Å². The first-order valence-electron chi connectivity index (χ1n) is 9.84. The van der Waals surface area contributed by atoms with Gasteiger partial charge in [-0.1, -0.05) is 6.08 Å². The highest BCUT2D eigenvalue weighted by Gasteiger charge is 2.41. The molecule has 0 aromatic carbocycles. The molecule has 0 bridgehead atoms. The zero-order valence-corrected chi connectivity index (χ0v) is 16.4. The van der Waals surface area contributed by atoms with E-state index in [9.17, 15) is 4.79 Å². The number of likely N-dealkylation sites (tertiary alicyclic amines) is 1. The van der Waals surface area contributed by atoms with Gasteiger partial charge < -0.3 is 14.4 Å². The van der Waals surface area contributed by atoms with Gasteiger partial charge in [0.15, 0.2) is 0 Å². The second-order valence-corrected chi connectivity index (χ2v) is 7.82. The lowest BCUT2D eigenvalue weighted by Gasteiger charge is -2.49. The van der Waals surface area contributed by atoms with Gasteiger partial charge in [-0.2, -0.15) is 0 Å². The Labute approximate surface area is 157 Å². The second kappa shape index (κ2) is 8.35. The number of likely N-dealkylation sites (N-methyl/N-ethyl adjacent to an activating group) is 1. The highest BCUT2D eigenvalue weighted by atomic mass is 16.2. The first-order chi connectivity index (χ1) is 12.5. The van der Waals surface area contributed by atoms with Crippen LogP contribution < -0.4 is 0 Å². The summed E-state index contributed by atoms with van der Waals surface area (Å²) in [7, 11) is 2.24. The lowest BCUT2D eigenvalue weighted by atomic mass is 9.86. The number of carbonyl (C=O) groups is 1. The topological polar surface area (TPSA) is 44.6 Å². The molecule has 26 heavy (non-hydrogen) atoms. The molecule has 3 heterocycles. The van der Waals surface area contributed by atoms with Gasteiger partial charge in [0.1, 0.15) is 5.82 Å². The number of aryl methyl sites for hydroxylation is 2. The lowest BCUT2D eigenvalue weighted by molar-refractivity contribution is -0.130. The number of aromatic nitrogens is 2. The average Bonchev–Trinajstić information content (AvgIpc) is 2.97. The fourth-order valence-electron chi connectivity index (χ4n) is 4.42. The highest BCUT2D eigenvalue weighted by Crippen LogP contribution is 2.32. The molecule has 1 atom stereocenters. The summed E-state index contributed by atoms with van der Waals surface area (Å²) in [6.45, 7) is 12.8. The molecule has 1 unspecified atom stereocenters. The maximum atomic E-state index is 12.4. The molecule has 6 heteroatoms. The molecular weight excluding hydrogens is 326 g/mol. The van der Waals surface area contributed by atoms with Crippen molar-refractivity contribution in [2.24, 2.45) is 0 Å². The Morgan fingerprint density at radius 3 is 2.85 bits per heavy atom. The van der Waals surface area contributed by atoms with Gasteiger partial charge in [0.05, 0.1) is 0 Å². The Morgan fingerprint density at radius 2 is 2.12 bits per heavy atom.